The number of benzene rings is 1. The standard InChI is InChI=1S/C13H6Cl2F3NS/c14-9-5-8(13(16,17)18)6-10(15)11(9)19-3-1-7-2-4-20-12(7)19/h1-6H. The number of alkyl halides is 3. The topological polar surface area (TPSA) is 4.93 Å². The Morgan fingerprint density at radius 2 is 1.70 bits per heavy atom. The Bertz CT molecular complexity index is 765. The Labute approximate surface area is 126 Å². The molecule has 0 radical (unpaired) electrons. The minimum atomic E-state index is -4.47. The van der Waals surface area contributed by atoms with Crippen LogP contribution in [0.3, 0.4) is 0 Å². The zero-order valence-electron chi connectivity index (χ0n) is 9.71. The van der Waals surface area contributed by atoms with Crippen LogP contribution in [0.2, 0.25) is 10.0 Å². The van der Waals surface area contributed by atoms with Gasteiger partial charge in [-0.15, -0.1) is 11.3 Å². The van der Waals surface area contributed by atoms with Crippen molar-refractivity contribution in [2.45, 2.75) is 6.18 Å². The third-order valence-corrected chi connectivity index (χ3v) is 4.39. The largest absolute Gasteiger partial charge is 0.416 e. The third kappa shape index (κ3) is 2.20. The summed E-state index contributed by atoms with van der Waals surface area (Å²) in [6.45, 7) is 0. The molecule has 0 bridgehead atoms. The SMILES string of the molecule is FC(F)(F)c1cc(Cl)c(-n2ccc3ccsc32)c(Cl)c1. The molecule has 1 nitrogen and oxygen atoms in total. The summed E-state index contributed by atoms with van der Waals surface area (Å²) in [6.07, 6.45) is -2.73. The molecule has 3 aromatic rings. The van der Waals surface area contributed by atoms with Crippen molar-refractivity contribution < 1.29 is 13.2 Å². The quantitative estimate of drug-likeness (QED) is 0.512. The second-order valence-electron chi connectivity index (χ2n) is 4.15. The summed E-state index contributed by atoms with van der Waals surface area (Å²) in [5.41, 5.74) is -0.496. The molecule has 1 aromatic carbocycles. The van der Waals surface area contributed by atoms with E-state index in [-0.39, 0.29) is 10.0 Å². The normalized spacial score (nSPS) is 12.2. The van der Waals surface area contributed by atoms with E-state index in [1.54, 1.807) is 10.8 Å². The Balaban J connectivity index is 2.23. The van der Waals surface area contributed by atoms with Crippen molar-refractivity contribution in [2.24, 2.45) is 0 Å². The molecule has 0 saturated heterocycles. The first-order chi connectivity index (χ1) is 9.38. The molecule has 2 aromatic heterocycles. The molecule has 0 aliphatic heterocycles. The minimum Gasteiger partial charge on any atom is -0.305 e. The summed E-state index contributed by atoms with van der Waals surface area (Å²) in [4.78, 5) is 0.883. The second-order valence-corrected chi connectivity index (χ2v) is 5.86. The maximum Gasteiger partial charge on any atom is 0.416 e. The molecule has 0 unspecified atom stereocenters. The molecule has 0 fully saturated rings. The van der Waals surface area contributed by atoms with Gasteiger partial charge in [-0.05, 0) is 29.6 Å². The molecule has 7 heteroatoms. The molecule has 2 heterocycles. The van der Waals surface area contributed by atoms with Gasteiger partial charge in [0.15, 0.2) is 0 Å². The summed E-state index contributed by atoms with van der Waals surface area (Å²) in [7, 11) is 0. The van der Waals surface area contributed by atoms with E-state index < -0.39 is 11.7 Å². The second kappa shape index (κ2) is 4.69. The molecule has 0 aliphatic rings. The van der Waals surface area contributed by atoms with E-state index >= 15 is 0 Å². The van der Waals surface area contributed by atoms with Gasteiger partial charge in [-0.2, -0.15) is 13.2 Å². The first-order valence-electron chi connectivity index (χ1n) is 5.49. The van der Waals surface area contributed by atoms with Crippen molar-refractivity contribution in [3.05, 3.63) is 51.5 Å². The first kappa shape index (κ1) is 13.8. The summed E-state index contributed by atoms with van der Waals surface area (Å²) in [5.74, 6) is 0. The van der Waals surface area contributed by atoms with Gasteiger partial charge in [-0.1, -0.05) is 23.2 Å². The highest BCUT2D eigenvalue weighted by atomic mass is 35.5. The van der Waals surface area contributed by atoms with Crippen LogP contribution in [0, 0.1) is 0 Å². The highest BCUT2D eigenvalue weighted by molar-refractivity contribution is 7.16. The van der Waals surface area contributed by atoms with E-state index in [1.165, 1.54) is 11.3 Å². The van der Waals surface area contributed by atoms with Crippen molar-refractivity contribution in [3.63, 3.8) is 0 Å². The van der Waals surface area contributed by atoms with E-state index in [0.29, 0.717) is 5.69 Å². The van der Waals surface area contributed by atoms with Gasteiger partial charge in [0.05, 0.1) is 21.3 Å². The van der Waals surface area contributed by atoms with E-state index in [9.17, 15) is 13.2 Å². The van der Waals surface area contributed by atoms with Gasteiger partial charge in [0.1, 0.15) is 4.83 Å². The molecule has 0 N–H and O–H groups in total. The fourth-order valence-corrected chi connectivity index (χ4v) is 3.54. The van der Waals surface area contributed by atoms with Crippen LogP contribution in [0.5, 0.6) is 0 Å². The molecular weight excluding hydrogens is 330 g/mol. The lowest BCUT2D eigenvalue weighted by Gasteiger charge is -2.13. The van der Waals surface area contributed by atoms with Gasteiger partial charge in [-0.25, -0.2) is 0 Å². The van der Waals surface area contributed by atoms with Gasteiger partial charge < -0.3 is 4.57 Å². The van der Waals surface area contributed by atoms with E-state index in [4.69, 9.17) is 23.2 Å². The number of hydrogen-bond acceptors (Lipinski definition) is 1. The minimum absolute atomic E-state index is 0.0317. The van der Waals surface area contributed by atoms with Gasteiger partial charge in [0, 0.05) is 11.6 Å². The number of halogens is 5. The van der Waals surface area contributed by atoms with E-state index in [1.807, 2.05) is 17.5 Å². The zero-order valence-corrected chi connectivity index (χ0v) is 12.0. The van der Waals surface area contributed by atoms with Crippen LogP contribution in [0.4, 0.5) is 13.2 Å². The molecule has 0 spiro atoms. The first-order valence-corrected chi connectivity index (χ1v) is 7.12. The van der Waals surface area contributed by atoms with Crippen molar-refractivity contribution in [3.8, 4) is 5.69 Å². The van der Waals surface area contributed by atoms with Crippen LogP contribution in [-0.4, -0.2) is 4.57 Å². The molecule has 20 heavy (non-hydrogen) atoms. The predicted molar refractivity (Wildman–Crippen MR) is 76.2 cm³/mol. The Morgan fingerprint density at radius 1 is 1.05 bits per heavy atom. The molecule has 104 valence electrons. The summed E-state index contributed by atoms with van der Waals surface area (Å²) < 4.78 is 39.8. The highest BCUT2D eigenvalue weighted by Gasteiger charge is 2.32. The average molecular weight is 336 g/mol. The molecular formula is C13H6Cl2F3NS. The number of rotatable bonds is 1. The monoisotopic (exact) mass is 335 g/mol. The van der Waals surface area contributed by atoms with Crippen molar-refractivity contribution in [1.29, 1.82) is 0 Å². The van der Waals surface area contributed by atoms with Crippen molar-refractivity contribution in [2.75, 3.05) is 0 Å². The zero-order chi connectivity index (χ0) is 14.5. The summed E-state index contributed by atoms with van der Waals surface area (Å²) in [6, 6.07) is 5.56. The number of fused-ring (bicyclic) bond motifs is 1. The van der Waals surface area contributed by atoms with Crippen LogP contribution in [-0.2, 0) is 6.18 Å². The number of aromatic nitrogens is 1. The summed E-state index contributed by atoms with van der Waals surface area (Å²) >= 11 is 13.5. The van der Waals surface area contributed by atoms with Gasteiger partial charge in [0.2, 0.25) is 0 Å². The van der Waals surface area contributed by atoms with Crippen molar-refractivity contribution >= 4 is 44.8 Å². The fraction of sp³-hybridized carbons (Fsp3) is 0.0769. The smallest absolute Gasteiger partial charge is 0.305 e. The molecule has 0 amide bonds. The molecule has 3 rings (SSSR count). The summed E-state index contributed by atoms with van der Waals surface area (Å²) in [5, 5.41) is 2.82. The number of nitrogens with zero attached hydrogens (tertiary/aromatic N) is 1. The predicted octanol–water partition coefficient (Wildman–Crippen LogP) is 6.02. The highest BCUT2D eigenvalue weighted by Crippen LogP contribution is 2.39. The maximum absolute atomic E-state index is 12.7. The third-order valence-electron chi connectivity index (χ3n) is 2.88. The lowest BCUT2D eigenvalue weighted by molar-refractivity contribution is -0.137. The van der Waals surface area contributed by atoms with E-state index in [0.717, 1.165) is 22.3 Å². The Morgan fingerprint density at radius 3 is 2.30 bits per heavy atom. The van der Waals surface area contributed by atoms with Crippen LogP contribution < -0.4 is 0 Å². The average Bonchev–Trinajstić information content (AvgIpc) is 2.91. The van der Waals surface area contributed by atoms with Crippen LogP contribution in [0.15, 0.2) is 35.8 Å². The molecule has 0 saturated carbocycles. The molecule has 0 atom stereocenters. The van der Waals surface area contributed by atoms with Crippen molar-refractivity contribution in [1.82, 2.24) is 4.57 Å². The van der Waals surface area contributed by atoms with E-state index in [2.05, 4.69) is 0 Å². The van der Waals surface area contributed by atoms with Crippen LogP contribution >= 0.6 is 34.5 Å². The van der Waals surface area contributed by atoms with Crippen LogP contribution in [0.1, 0.15) is 5.56 Å². The lowest BCUT2D eigenvalue weighted by Crippen LogP contribution is -2.06. The van der Waals surface area contributed by atoms with Gasteiger partial charge >= 0.3 is 6.18 Å². The number of hydrogen-bond donors (Lipinski definition) is 0. The maximum atomic E-state index is 12.7. The van der Waals surface area contributed by atoms with Gasteiger partial charge in [0.25, 0.3) is 0 Å². The fourth-order valence-electron chi connectivity index (χ4n) is 1.99. The van der Waals surface area contributed by atoms with Gasteiger partial charge in [-0.3, -0.25) is 0 Å². The molecule has 0 aliphatic carbocycles. The Hall–Kier alpha value is -1.17. The Kier molecular flexibility index (Phi) is 3.23. The van der Waals surface area contributed by atoms with Crippen LogP contribution in [0.25, 0.3) is 15.9 Å². The lowest BCUT2D eigenvalue weighted by atomic mass is 10.2. The number of thiophene rings is 1.